The number of anilines is 2. The first kappa shape index (κ1) is 20.3. The van der Waals surface area contributed by atoms with E-state index in [1.165, 1.54) is 0 Å². The highest BCUT2D eigenvalue weighted by Crippen LogP contribution is 2.32. The molecule has 0 atom stereocenters. The molecule has 32 heavy (non-hydrogen) atoms. The van der Waals surface area contributed by atoms with Crippen LogP contribution in [0, 0.1) is 0 Å². The Kier molecular flexibility index (Phi) is 5.16. The van der Waals surface area contributed by atoms with E-state index >= 15 is 0 Å². The third-order valence-electron chi connectivity index (χ3n) is 5.23. The van der Waals surface area contributed by atoms with Gasteiger partial charge in [0.05, 0.1) is 29.3 Å². The molecule has 0 saturated heterocycles. The fourth-order valence-corrected chi connectivity index (χ4v) is 3.92. The van der Waals surface area contributed by atoms with E-state index < -0.39 is 0 Å². The zero-order valence-corrected chi connectivity index (χ0v) is 18.7. The van der Waals surface area contributed by atoms with Crippen LogP contribution in [0.2, 0.25) is 5.28 Å². The SMILES string of the molecule is CN(C)Cc1cnc(-c2cccc(N(C)c3nc4nnc(Cl)n4c4ccccc34)c2)cn1. The minimum atomic E-state index is 0.288. The van der Waals surface area contributed by atoms with Crippen LogP contribution in [0.3, 0.4) is 0 Å². The number of halogens is 1. The van der Waals surface area contributed by atoms with Gasteiger partial charge in [-0.15, -0.1) is 10.2 Å². The summed E-state index contributed by atoms with van der Waals surface area (Å²) in [5.41, 5.74) is 4.60. The third kappa shape index (κ3) is 3.63. The zero-order chi connectivity index (χ0) is 22.2. The van der Waals surface area contributed by atoms with E-state index in [1.54, 1.807) is 4.40 Å². The molecular weight excluding hydrogens is 424 g/mol. The second-order valence-corrected chi connectivity index (χ2v) is 8.14. The number of hydrogen-bond donors (Lipinski definition) is 0. The molecule has 2 aromatic carbocycles. The monoisotopic (exact) mass is 444 g/mol. The predicted octanol–water partition coefficient (Wildman–Crippen LogP) is 4.22. The summed E-state index contributed by atoms with van der Waals surface area (Å²) in [6.45, 7) is 0.754. The van der Waals surface area contributed by atoms with Crippen LogP contribution in [0.1, 0.15) is 5.69 Å². The van der Waals surface area contributed by atoms with Gasteiger partial charge in [0, 0.05) is 30.2 Å². The molecule has 0 amide bonds. The van der Waals surface area contributed by atoms with E-state index in [0.29, 0.717) is 5.78 Å². The van der Waals surface area contributed by atoms with Crippen molar-refractivity contribution in [1.29, 1.82) is 0 Å². The number of rotatable bonds is 5. The van der Waals surface area contributed by atoms with Crippen LogP contribution in [0.5, 0.6) is 0 Å². The molecule has 5 aromatic rings. The van der Waals surface area contributed by atoms with Crippen molar-refractivity contribution in [3.63, 3.8) is 0 Å². The molecule has 0 bridgehead atoms. The molecule has 0 aliphatic heterocycles. The molecule has 0 spiro atoms. The first-order valence-corrected chi connectivity index (χ1v) is 10.5. The standard InChI is InChI=1S/C23H21ClN8/c1-30(2)14-16-12-26-19(13-25-16)15-7-6-8-17(11-15)31(3)21-18-9-4-5-10-20(18)32-22(24)28-29-23(32)27-21/h4-13H,14H2,1-3H3. The fourth-order valence-electron chi connectivity index (χ4n) is 3.71. The van der Waals surface area contributed by atoms with Gasteiger partial charge in [-0.3, -0.25) is 9.97 Å². The van der Waals surface area contributed by atoms with Crippen LogP contribution in [-0.4, -0.2) is 55.6 Å². The summed E-state index contributed by atoms with van der Waals surface area (Å²) in [5.74, 6) is 1.22. The average molecular weight is 445 g/mol. The van der Waals surface area contributed by atoms with Crippen molar-refractivity contribution in [2.24, 2.45) is 0 Å². The molecule has 3 heterocycles. The zero-order valence-electron chi connectivity index (χ0n) is 17.9. The van der Waals surface area contributed by atoms with E-state index in [4.69, 9.17) is 16.6 Å². The maximum atomic E-state index is 6.25. The Balaban J connectivity index is 1.55. The molecule has 8 nitrogen and oxygen atoms in total. The Labute approximate surface area is 190 Å². The van der Waals surface area contributed by atoms with Gasteiger partial charge >= 0.3 is 0 Å². The fraction of sp³-hybridized carbons (Fsp3) is 0.174. The summed E-state index contributed by atoms with van der Waals surface area (Å²) in [7, 11) is 6.00. The molecule has 0 N–H and O–H groups in total. The van der Waals surface area contributed by atoms with Gasteiger partial charge < -0.3 is 9.80 Å². The van der Waals surface area contributed by atoms with Crippen molar-refractivity contribution in [3.8, 4) is 11.3 Å². The lowest BCUT2D eigenvalue weighted by Gasteiger charge is -2.21. The summed E-state index contributed by atoms with van der Waals surface area (Å²) in [5, 5.41) is 9.33. The van der Waals surface area contributed by atoms with Crippen molar-refractivity contribution in [2.75, 3.05) is 26.0 Å². The van der Waals surface area contributed by atoms with Gasteiger partial charge in [0.2, 0.25) is 5.28 Å². The lowest BCUT2D eigenvalue weighted by molar-refractivity contribution is 0.396. The Morgan fingerprint density at radius 1 is 0.938 bits per heavy atom. The highest BCUT2D eigenvalue weighted by atomic mass is 35.5. The lowest BCUT2D eigenvalue weighted by Crippen LogP contribution is -2.13. The van der Waals surface area contributed by atoms with Crippen LogP contribution in [-0.2, 0) is 6.54 Å². The first-order valence-electron chi connectivity index (χ1n) is 10.1. The van der Waals surface area contributed by atoms with Crippen molar-refractivity contribution in [1.82, 2.24) is 34.4 Å². The van der Waals surface area contributed by atoms with Gasteiger partial charge in [0.25, 0.3) is 5.78 Å². The summed E-state index contributed by atoms with van der Waals surface area (Å²) < 4.78 is 1.75. The van der Waals surface area contributed by atoms with Gasteiger partial charge in [-0.05, 0) is 50.0 Å². The largest absolute Gasteiger partial charge is 0.329 e. The quantitative estimate of drug-likeness (QED) is 0.401. The summed E-state index contributed by atoms with van der Waals surface area (Å²) in [6.07, 6.45) is 3.64. The van der Waals surface area contributed by atoms with Crippen LogP contribution >= 0.6 is 11.6 Å². The van der Waals surface area contributed by atoms with E-state index in [-0.39, 0.29) is 5.28 Å². The maximum absolute atomic E-state index is 6.25. The average Bonchev–Trinajstić information content (AvgIpc) is 3.19. The highest BCUT2D eigenvalue weighted by Gasteiger charge is 2.17. The van der Waals surface area contributed by atoms with Crippen LogP contribution < -0.4 is 4.90 Å². The second kappa shape index (κ2) is 8.14. The van der Waals surface area contributed by atoms with Gasteiger partial charge in [-0.25, -0.2) is 4.40 Å². The molecule has 0 fully saturated rings. The van der Waals surface area contributed by atoms with Gasteiger partial charge in [-0.2, -0.15) is 4.98 Å². The summed E-state index contributed by atoms with van der Waals surface area (Å²) >= 11 is 6.25. The molecular formula is C23H21ClN8. The van der Waals surface area contributed by atoms with Gasteiger partial charge in [0.1, 0.15) is 5.82 Å². The summed E-state index contributed by atoms with van der Waals surface area (Å²) in [6, 6.07) is 16.1. The van der Waals surface area contributed by atoms with Gasteiger partial charge in [-0.1, -0.05) is 24.3 Å². The molecule has 0 unspecified atom stereocenters. The number of benzene rings is 2. The van der Waals surface area contributed by atoms with Crippen molar-refractivity contribution < 1.29 is 0 Å². The Hall–Kier alpha value is -3.62. The smallest absolute Gasteiger partial charge is 0.258 e. The molecule has 0 saturated carbocycles. The van der Waals surface area contributed by atoms with Crippen LogP contribution in [0.4, 0.5) is 11.5 Å². The second-order valence-electron chi connectivity index (χ2n) is 7.80. The number of aromatic nitrogens is 6. The van der Waals surface area contributed by atoms with Crippen molar-refractivity contribution >= 4 is 39.8 Å². The molecule has 0 aliphatic carbocycles. The first-order chi connectivity index (χ1) is 15.5. The Morgan fingerprint density at radius 3 is 2.56 bits per heavy atom. The summed E-state index contributed by atoms with van der Waals surface area (Å²) in [4.78, 5) is 18.0. The molecule has 0 aliphatic rings. The Bertz CT molecular complexity index is 1410. The Morgan fingerprint density at radius 2 is 1.78 bits per heavy atom. The van der Waals surface area contributed by atoms with E-state index in [1.807, 2.05) is 80.9 Å². The number of fused-ring (bicyclic) bond motifs is 3. The molecule has 0 radical (unpaired) electrons. The normalized spacial score (nSPS) is 11.5. The third-order valence-corrected chi connectivity index (χ3v) is 5.47. The number of para-hydroxylation sites is 1. The molecule has 3 aromatic heterocycles. The predicted molar refractivity (Wildman–Crippen MR) is 126 cm³/mol. The lowest BCUT2D eigenvalue weighted by atomic mass is 10.1. The van der Waals surface area contributed by atoms with Crippen LogP contribution in [0.25, 0.3) is 27.9 Å². The van der Waals surface area contributed by atoms with Crippen LogP contribution in [0.15, 0.2) is 60.9 Å². The van der Waals surface area contributed by atoms with E-state index in [9.17, 15) is 0 Å². The molecule has 160 valence electrons. The van der Waals surface area contributed by atoms with E-state index in [0.717, 1.165) is 45.9 Å². The minimum absolute atomic E-state index is 0.288. The molecule has 5 rings (SSSR count). The van der Waals surface area contributed by atoms with E-state index in [2.05, 4.69) is 31.1 Å². The topological polar surface area (TPSA) is 75.3 Å². The highest BCUT2D eigenvalue weighted by molar-refractivity contribution is 6.29. The number of nitrogens with zero attached hydrogens (tertiary/aromatic N) is 8. The maximum Gasteiger partial charge on any atom is 0.258 e. The van der Waals surface area contributed by atoms with Crippen molar-refractivity contribution in [3.05, 3.63) is 71.9 Å². The van der Waals surface area contributed by atoms with Gasteiger partial charge in [0.15, 0.2) is 0 Å². The minimum Gasteiger partial charge on any atom is -0.329 e. The van der Waals surface area contributed by atoms with Crippen molar-refractivity contribution in [2.45, 2.75) is 6.54 Å². The molecule has 9 heteroatoms. The number of hydrogen-bond acceptors (Lipinski definition) is 7.